The zero-order valence-electron chi connectivity index (χ0n) is 30.5. The summed E-state index contributed by atoms with van der Waals surface area (Å²) in [5.74, 6) is 3.27. The van der Waals surface area contributed by atoms with Gasteiger partial charge < -0.3 is 4.90 Å². The molecule has 1 spiro atoms. The number of benzene rings is 4. The molecule has 9 unspecified atom stereocenters. The zero-order chi connectivity index (χ0) is 35.3. The molecule has 0 heterocycles. The Morgan fingerprint density at radius 3 is 1.81 bits per heavy atom. The van der Waals surface area contributed by atoms with Crippen LogP contribution in [0.4, 0.5) is 5.69 Å². The van der Waals surface area contributed by atoms with Crippen LogP contribution in [0.2, 0.25) is 0 Å². The third-order valence-electron chi connectivity index (χ3n) is 14.3. The van der Waals surface area contributed by atoms with Crippen molar-refractivity contribution in [2.45, 2.75) is 36.5 Å². The Morgan fingerprint density at radius 2 is 1.02 bits per heavy atom. The molecule has 1 nitrogen and oxygen atoms in total. The topological polar surface area (TPSA) is 3.24 Å². The summed E-state index contributed by atoms with van der Waals surface area (Å²) < 4.78 is 0. The van der Waals surface area contributed by atoms with Crippen LogP contribution in [0.25, 0.3) is 11.1 Å². The molecule has 0 bridgehead atoms. The molecule has 0 saturated heterocycles. The Kier molecular flexibility index (Phi) is 6.79. The Hall–Kier alpha value is -5.40. The summed E-state index contributed by atoms with van der Waals surface area (Å²) in [5.41, 5.74) is 12.3. The number of nitrogens with zero attached hydrogens (tertiary/aromatic N) is 1. The van der Waals surface area contributed by atoms with Gasteiger partial charge in [0.25, 0.3) is 0 Å². The summed E-state index contributed by atoms with van der Waals surface area (Å²) in [6.07, 6.45) is 34.6. The first-order chi connectivity index (χ1) is 26.0. The molecule has 1 fully saturated rings. The number of fused-ring (bicyclic) bond motifs is 13. The number of hydrogen-bond acceptors (Lipinski definition) is 1. The van der Waals surface area contributed by atoms with Gasteiger partial charge in [0, 0.05) is 34.3 Å². The second-order valence-corrected chi connectivity index (χ2v) is 16.8. The first kappa shape index (κ1) is 31.2. The van der Waals surface area contributed by atoms with E-state index in [4.69, 9.17) is 0 Å². The number of anilines is 1. The van der Waals surface area contributed by atoms with Gasteiger partial charge in [0.1, 0.15) is 0 Å². The van der Waals surface area contributed by atoms with E-state index in [1.54, 1.807) is 5.56 Å². The van der Waals surface area contributed by atoms with Crippen LogP contribution >= 0.6 is 0 Å². The van der Waals surface area contributed by atoms with E-state index in [0.29, 0.717) is 47.3 Å². The predicted octanol–water partition coefficient (Wildman–Crippen LogP) is 12.1. The summed E-state index contributed by atoms with van der Waals surface area (Å²) in [6, 6.07) is 38.6. The summed E-state index contributed by atoms with van der Waals surface area (Å²) >= 11 is 0. The normalized spacial score (nSPS) is 32.7. The molecular formula is C52H45N. The van der Waals surface area contributed by atoms with Crippen LogP contribution in [0.15, 0.2) is 200 Å². The van der Waals surface area contributed by atoms with Gasteiger partial charge in [-0.25, -0.2) is 0 Å². The van der Waals surface area contributed by atoms with E-state index in [0.717, 1.165) is 0 Å². The smallest absolute Gasteiger partial charge is 0.0461 e. The average molecular weight is 684 g/mol. The van der Waals surface area contributed by atoms with Crippen LogP contribution in [0.5, 0.6) is 0 Å². The molecule has 9 atom stereocenters. The van der Waals surface area contributed by atoms with E-state index in [1.165, 1.54) is 44.9 Å². The summed E-state index contributed by atoms with van der Waals surface area (Å²) in [7, 11) is 0. The van der Waals surface area contributed by atoms with Gasteiger partial charge in [-0.1, -0.05) is 178 Å². The highest BCUT2D eigenvalue weighted by atomic mass is 15.2. The molecule has 0 N–H and O–H groups in total. The molecular weight excluding hydrogens is 639 g/mol. The Bertz CT molecular complexity index is 2370. The van der Waals surface area contributed by atoms with Crippen LogP contribution in [-0.2, 0) is 10.8 Å². The monoisotopic (exact) mass is 683 g/mol. The maximum absolute atomic E-state index is 2.70. The van der Waals surface area contributed by atoms with Gasteiger partial charge in [0.2, 0.25) is 0 Å². The molecule has 7 aliphatic rings. The van der Waals surface area contributed by atoms with Gasteiger partial charge in [-0.3, -0.25) is 0 Å². The van der Waals surface area contributed by atoms with Crippen molar-refractivity contribution in [1.82, 2.24) is 0 Å². The highest BCUT2D eigenvalue weighted by Gasteiger charge is 2.66. The van der Waals surface area contributed by atoms with Gasteiger partial charge in [-0.2, -0.15) is 0 Å². The SMILES string of the molecule is CC1(C)c2ccccc2C2C=CC(N(C3=CC4C(C=C3)C3C=CC=CC3C43c4ccccc4C4C=CC=CC43)c3ccc(-c4ccccc4)cc3)=CC21. The lowest BCUT2D eigenvalue weighted by molar-refractivity contribution is 0.226. The van der Waals surface area contributed by atoms with E-state index >= 15 is 0 Å². The third-order valence-corrected chi connectivity index (χ3v) is 14.3. The fourth-order valence-electron chi connectivity index (χ4n) is 12.1. The Morgan fingerprint density at radius 1 is 0.453 bits per heavy atom. The minimum Gasteiger partial charge on any atom is -0.311 e. The molecule has 0 aromatic heterocycles. The lowest BCUT2D eigenvalue weighted by Gasteiger charge is -2.44. The highest BCUT2D eigenvalue weighted by Crippen LogP contribution is 2.69. The zero-order valence-corrected chi connectivity index (χ0v) is 30.5. The van der Waals surface area contributed by atoms with Crippen molar-refractivity contribution in [3.63, 3.8) is 0 Å². The van der Waals surface area contributed by atoms with Crippen LogP contribution in [0.1, 0.15) is 47.9 Å². The standard InChI is InChI=1S/C52H45N/c1-51(2)45-20-10-6-16-39(45)43-30-28-37(32-49(43)51)53(36-26-24-35(25-27-36)34-14-4-3-5-15-34)38-29-31-44-42-19-9-13-23-48(42)52(50(44)33-38)46-21-11-7-17-40(46)41-18-8-12-22-47(41)52/h3-33,40,42-44,46,48-50H,1-2H3. The molecule has 0 amide bonds. The summed E-state index contributed by atoms with van der Waals surface area (Å²) in [6.45, 7) is 4.89. The minimum atomic E-state index is -0.0328. The van der Waals surface area contributed by atoms with Crippen molar-refractivity contribution in [2.24, 2.45) is 35.5 Å². The molecule has 4 aromatic carbocycles. The number of hydrogen-bond donors (Lipinski definition) is 0. The van der Waals surface area contributed by atoms with Gasteiger partial charge in [0.05, 0.1) is 0 Å². The van der Waals surface area contributed by atoms with E-state index < -0.39 is 0 Å². The Balaban J connectivity index is 1.08. The summed E-state index contributed by atoms with van der Waals surface area (Å²) in [4.78, 5) is 2.57. The average Bonchev–Trinajstić information content (AvgIpc) is 3.77. The summed E-state index contributed by atoms with van der Waals surface area (Å²) in [5, 5.41) is 0. The lowest BCUT2D eigenvalue weighted by Crippen LogP contribution is -2.42. The quantitative estimate of drug-likeness (QED) is 0.207. The molecule has 258 valence electrons. The second kappa shape index (κ2) is 11.5. The molecule has 11 rings (SSSR count). The minimum absolute atomic E-state index is 0.0328. The van der Waals surface area contributed by atoms with Crippen molar-refractivity contribution in [3.05, 3.63) is 222 Å². The van der Waals surface area contributed by atoms with Crippen molar-refractivity contribution in [2.75, 3.05) is 4.90 Å². The van der Waals surface area contributed by atoms with Gasteiger partial charge in [-0.05, 0) is 98.6 Å². The van der Waals surface area contributed by atoms with Gasteiger partial charge in [0.15, 0.2) is 0 Å². The number of allylic oxidation sites excluding steroid dienone is 14. The first-order valence-electron chi connectivity index (χ1n) is 19.7. The molecule has 7 aliphatic carbocycles. The van der Waals surface area contributed by atoms with Crippen LogP contribution in [0, 0.1) is 35.5 Å². The van der Waals surface area contributed by atoms with E-state index in [-0.39, 0.29) is 10.8 Å². The van der Waals surface area contributed by atoms with Gasteiger partial charge in [-0.15, -0.1) is 0 Å². The van der Waals surface area contributed by atoms with E-state index in [2.05, 4.69) is 207 Å². The van der Waals surface area contributed by atoms with Crippen LogP contribution in [-0.4, -0.2) is 0 Å². The molecule has 0 radical (unpaired) electrons. The largest absolute Gasteiger partial charge is 0.311 e. The first-order valence-corrected chi connectivity index (χ1v) is 19.7. The number of rotatable bonds is 4. The Labute approximate surface area is 314 Å². The van der Waals surface area contributed by atoms with Crippen LogP contribution < -0.4 is 4.90 Å². The highest BCUT2D eigenvalue weighted by molar-refractivity contribution is 5.71. The molecule has 1 heteroatoms. The fourth-order valence-corrected chi connectivity index (χ4v) is 12.1. The third kappa shape index (κ3) is 4.31. The molecule has 1 saturated carbocycles. The maximum atomic E-state index is 2.70. The second-order valence-electron chi connectivity index (χ2n) is 16.8. The predicted molar refractivity (Wildman–Crippen MR) is 219 cm³/mol. The van der Waals surface area contributed by atoms with E-state index in [9.17, 15) is 0 Å². The maximum Gasteiger partial charge on any atom is 0.0461 e. The molecule has 4 aromatic rings. The van der Waals surface area contributed by atoms with Gasteiger partial charge >= 0.3 is 0 Å². The van der Waals surface area contributed by atoms with Crippen LogP contribution in [0.3, 0.4) is 0 Å². The van der Waals surface area contributed by atoms with Crippen molar-refractivity contribution in [1.29, 1.82) is 0 Å². The fraction of sp³-hybridized carbons (Fsp3) is 0.231. The van der Waals surface area contributed by atoms with Crippen molar-refractivity contribution in [3.8, 4) is 11.1 Å². The van der Waals surface area contributed by atoms with E-state index in [1.807, 2.05) is 0 Å². The lowest BCUT2D eigenvalue weighted by atomic mass is 9.59. The van der Waals surface area contributed by atoms with Crippen molar-refractivity contribution >= 4 is 5.69 Å². The molecule has 0 aliphatic heterocycles. The molecule has 53 heavy (non-hydrogen) atoms. The van der Waals surface area contributed by atoms with Crippen molar-refractivity contribution < 1.29 is 0 Å².